The molecular formula is C12H28N2O5. The Morgan fingerprint density at radius 2 is 1.11 bits per heavy atom. The lowest BCUT2D eigenvalue weighted by Crippen LogP contribution is -2.04. The van der Waals surface area contributed by atoms with Crippen LogP contribution < -0.4 is 11.6 Å². The van der Waals surface area contributed by atoms with Crippen LogP contribution in [-0.2, 0) is 25.0 Å². The van der Waals surface area contributed by atoms with Crippen molar-refractivity contribution in [1.29, 1.82) is 0 Å². The Hall–Kier alpha value is -0.280. The third-order valence-electron chi connectivity index (χ3n) is 2.82. The largest absolute Gasteiger partial charge is 0.330 e. The Labute approximate surface area is 115 Å². The standard InChI is InChI=1S/C12H28N2O5/c13-11-9-7-5-3-1-2-4-6-8-10-12-15-17-19-18-16-14/h1-14H2. The van der Waals surface area contributed by atoms with E-state index in [2.05, 4.69) is 30.9 Å². The molecule has 0 atom stereocenters. The molecule has 0 radical (unpaired) electrons. The molecule has 4 N–H and O–H groups in total. The predicted molar refractivity (Wildman–Crippen MR) is 69.7 cm³/mol. The maximum Gasteiger partial charge on any atom is 0.0855 e. The fourth-order valence-electron chi connectivity index (χ4n) is 1.80. The molecule has 0 bridgehead atoms. The second-order valence-electron chi connectivity index (χ2n) is 4.45. The van der Waals surface area contributed by atoms with Crippen molar-refractivity contribution < 1.29 is 25.0 Å². The Balaban J connectivity index is 2.88. The van der Waals surface area contributed by atoms with Gasteiger partial charge in [-0.15, -0.1) is 4.99 Å². The van der Waals surface area contributed by atoms with Gasteiger partial charge < -0.3 is 5.73 Å². The zero-order chi connectivity index (χ0) is 14.0. The molecule has 0 aromatic heterocycles. The summed E-state index contributed by atoms with van der Waals surface area (Å²) in [7, 11) is 0. The zero-order valence-corrected chi connectivity index (χ0v) is 11.7. The predicted octanol–water partition coefficient (Wildman–Crippen LogP) is 2.46. The lowest BCUT2D eigenvalue weighted by atomic mass is 10.1. The first kappa shape index (κ1) is 18.7. The van der Waals surface area contributed by atoms with E-state index in [1.807, 2.05) is 0 Å². The molecule has 0 aliphatic carbocycles. The summed E-state index contributed by atoms with van der Waals surface area (Å²) in [5.41, 5.74) is 5.44. The van der Waals surface area contributed by atoms with Crippen LogP contribution in [0.5, 0.6) is 0 Å². The number of unbranched alkanes of at least 4 members (excludes halogenated alkanes) is 9. The lowest BCUT2D eigenvalue weighted by Gasteiger charge is -2.02. The van der Waals surface area contributed by atoms with Gasteiger partial charge >= 0.3 is 0 Å². The topological polar surface area (TPSA) is 98.2 Å². The third-order valence-corrected chi connectivity index (χ3v) is 2.82. The number of nitrogens with two attached hydrogens (primary N) is 2. The van der Waals surface area contributed by atoms with Gasteiger partial charge in [0.25, 0.3) is 0 Å². The van der Waals surface area contributed by atoms with E-state index in [0.29, 0.717) is 6.61 Å². The van der Waals surface area contributed by atoms with Gasteiger partial charge in [-0.2, -0.15) is 5.90 Å². The molecule has 0 amide bonds. The molecule has 0 spiro atoms. The van der Waals surface area contributed by atoms with Gasteiger partial charge in [0.2, 0.25) is 0 Å². The van der Waals surface area contributed by atoms with Crippen molar-refractivity contribution in [3.8, 4) is 0 Å². The molecule has 0 unspecified atom stereocenters. The van der Waals surface area contributed by atoms with E-state index in [4.69, 9.17) is 5.73 Å². The van der Waals surface area contributed by atoms with Gasteiger partial charge in [-0.1, -0.05) is 51.4 Å². The third kappa shape index (κ3) is 17.7. The highest BCUT2D eigenvalue weighted by atomic mass is 17.8. The molecule has 7 heteroatoms. The van der Waals surface area contributed by atoms with Gasteiger partial charge in [0.1, 0.15) is 0 Å². The minimum absolute atomic E-state index is 0.451. The van der Waals surface area contributed by atoms with Gasteiger partial charge in [-0.3, -0.25) is 0 Å². The molecule has 0 aromatic carbocycles. The van der Waals surface area contributed by atoms with Crippen LogP contribution >= 0.6 is 0 Å². The smallest absolute Gasteiger partial charge is 0.0855 e. The minimum atomic E-state index is 0.451. The summed E-state index contributed by atoms with van der Waals surface area (Å²) in [6.07, 6.45) is 12.2. The van der Waals surface area contributed by atoms with Crippen LogP contribution in [0.2, 0.25) is 0 Å². The van der Waals surface area contributed by atoms with E-state index in [0.717, 1.165) is 25.8 Å². The SMILES string of the molecule is NCCCCCCCCCCCCOOOOON. The molecular weight excluding hydrogens is 252 g/mol. The van der Waals surface area contributed by atoms with Crippen molar-refractivity contribution >= 4 is 0 Å². The second kappa shape index (κ2) is 17.7. The molecule has 0 aliphatic rings. The zero-order valence-electron chi connectivity index (χ0n) is 11.7. The Morgan fingerprint density at radius 3 is 1.63 bits per heavy atom. The van der Waals surface area contributed by atoms with Gasteiger partial charge in [-0.05, 0) is 34.5 Å². The highest BCUT2D eigenvalue weighted by molar-refractivity contribution is 4.48. The van der Waals surface area contributed by atoms with Gasteiger partial charge in [0.15, 0.2) is 0 Å². The van der Waals surface area contributed by atoms with E-state index >= 15 is 0 Å². The number of hydrogen-bond acceptors (Lipinski definition) is 7. The Morgan fingerprint density at radius 1 is 0.579 bits per heavy atom. The van der Waals surface area contributed by atoms with Crippen molar-refractivity contribution in [2.75, 3.05) is 13.2 Å². The summed E-state index contributed by atoms with van der Waals surface area (Å²) < 4.78 is 0. The molecule has 116 valence electrons. The fourth-order valence-corrected chi connectivity index (χ4v) is 1.80. The van der Waals surface area contributed by atoms with Crippen LogP contribution in [0.3, 0.4) is 0 Å². The summed E-state index contributed by atoms with van der Waals surface area (Å²) in [4.78, 5) is 8.25. The first-order valence-corrected chi connectivity index (χ1v) is 7.10. The molecule has 0 aliphatic heterocycles. The summed E-state index contributed by atoms with van der Waals surface area (Å²) in [6, 6.07) is 0. The van der Waals surface area contributed by atoms with Crippen molar-refractivity contribution in [2.24, 2.45) is 11.6 Å². The van der Waals surface area contributed by atoms with Crippen LogP contribution in [0.1, 0.15) is 64.2 Å². The number of hydrogen-bond donors (Lipinski definition) is 2. The quantitative estimate of drug-likeness (QED) is 0.254. The van der Waals surface area contributed by atoms with Crippen molar-refractivity contribution in [1.82, 2.24) is 0 Å². The second-order valence-corrected chi connectivity index (χ2v) is 4.45. The van der Waals surface area contributed by atoms with Crippen LogP contribution in [0, 0.1) is 0 Å². The first-order chi connectivity index (χ1) is 9.41. The van der Waals surface area contributed by atoms with Crippen LogP contribution in [0.15, 0.2) is 0 Å². The van der Waals surface area contributed by atoms with E-state index in [-0.39, 0.29) is 0 Å². The van der Waals surface area contributed by atoms with Crippen LogP contribution in [0.4, 0.5) is 0 Å². The highest BCUT2D eigenvalue weighted by Gasteiger charge is 1.94. The summed E-state index contributed by atoms with van der Waals surface area (Å²) in [5, 5.41) is 11.8. The molecule has 7 nitrogen and oxygen atoms in total. The molecule has 0 fully saturated rings. The fraction of sp³-hybridized carbons (Fsp3) is 1.00. The van der Waals surface area contributed by atoms with Crippen molar-refractivity contribution in [3.63, 3.8) is 0 Å². The molecule has 19 heavy (non-hydrogen) atoms. The van der Waals surface area contributed by atoms with E-state index < -0.39 is 0 Å². The minimum Gasteiger partial charge on any atom is -0.330 e. The van der Waals surface area contributed by atoms with Gasteiger partial charge in [-0.25, -0.2) is 4.89 Å². The van der Waals surface area contributed by atoms with Crippen LogP contribution in [-0.4, -0.2) is 13.2 Å². The van der Waals surface area contributed by atoms with E-state index in [9.17, 15) is 0 Å². The molecule has 0 aromatic rings. The van der Waals surface area contributed by atoms with Gasteiger partial charge in [0.05, 0.1) is 6.61 Å². The maximum absolute atomic E-state index is 5.44. The first-order valence-electron chi connectivity index (χ1n) is 7.10. The maximum atomic E-state index is 5.44. The van der Waals surface area contributed by atoms with E-state index in [1.54, 1.807) is 0 Å². The summed E-state index contributed by atoms with van der Waals surface area (Å²) >= 11 is 0. The molecule has 0 saturated heterocycles. The number of rotatable bonds is 16. The molecule has 0 saturated carbocycles. The highest BCUT2D eigenvalue weighted by Crippen LogP contribution is 2.10. The normalized spacial score (nSPS) is 11.1. The summed E-state index contributed by atoms with van der Waals surface area (Å²) in [6.45, 7) is 1.27. The van der Waals surface area contributed by atoms with Crippen LogP contribution in [0.25, 0.3) is 0 Å². The molecule has 0 heterocycles. The van der Waals surface area contributed by atoms with Crippen molar-refractivity contribution in [2.45, 2.75) is 64.2 Å². The van der Waals surface area contributed by atoms with Gasteiger partial charge in [0, 0.05) is 0 Å². The average molecular weight is 280 g/mol. The summed E-state index contributed by atoms with van der Waals surface area (Å²) in [5.74, 6) is 4.49. The Kier molecular flexibility index (Phi) is 17.5. The lowest BCUT2D eigenvalue weighted by molar-refractivity contribution is -0.710. The van der Waals surface area contributed by atoms with Crippen molar-refractivity contribution in [3.05, 3.63) is 0 Å². The monoisotopic (exact) mass is 280 g/mol. The Bertz CT molecular complexity index is 147. The molecule has 0 rings (SSSR count). The average Bonchev–Trinajstić information content (AvgIpc) is 2.43. The van der Waals surface area contributed by atoms with E-state index in [1.165, 1.54) is 44.9 Å².